The van der Waals surface area contributed by atoms with Crippen molar-refractivity contribution in [2.75, 3.05) is 31.2 Å². The van der Waals surface area contributed by atoms with Crippen molar-refractivity contribution in [2.24, 2.45) is 0 Å². The second-order valence-electron chi connectivity index (χ2n) is 3.61. The van der Waals surface area contributed by atoms with Crippen LogP contribution in [0.2, 0.25) is 0 Å². The summed E-state index contributed by atoms with van der Waals surface area (Å²) in [7, 11) is 0. The number of benzene rings is 1. The van der Waals surface area contributed by atoms with Crippen molar-refractivity contribution in [1.29, 1.82) is 0 Å². The van der Waals surface area contributed by atoms with Crippen LogP contribution < -0.4 is 4.90 Å². The van der Waals surface area contributed by atoms with Crippen molar-refractivity contribution < 1.29 is 14.1 Å². The molecule has 0 amide bonds. The van der Waals surface area contributed by atoms with Crippen LogP contribution in [0, 0.1) is 15.9 Å². The third-order valence-electron chi connectivity index (χ3n) is 2.57. The van der Waals surface area contributed by atoms with E-state index < -0.39 is 10.7 Å². The van der Waals surface area contributed by atoms with Crippen LogP contribution in [-0.4, -0.2) is 31.2 Å². The van der Waals surface area contributed by atoms with Crippen molar-refractivity contribution in [3.63, 3.8) is 0 Å². The quantitative estimate of drug-likeness (QED) is 0.621. The standard InChI is InChI=1S/C10H10BrFN2O3/c11-7-5-9(13-1-3-17-4-2-13)10(14(15)16)6-8(7)12/h5-6H,1-4H2. The molecule has 0 aliphatic carbocycles. The van der Waals surface area contributed by atoms with Crippen molar-refractivity contribution >= 4 is 27.3 Å². The number of nitro groups is 1. The van der Waals surface area contributed by atoms with Gasteiger partial charge in [0, 0.05) is 13.1 Å². The lowest BCUT2D eigenvalue weighted by molar-refractivity contribution is -0.384. The molecule has 1 aliphatic heterocycles. The first-order valence-corrected chi connectivity index (χ1v) is 5.85. The molecule has 17 heavy (non-hydrogen) atoms. The first-order chi connectivity index (χ1) is 8.09. The van der Waals surface area contributed by atoms with E-state index in [2.05, 4.69) is 15.9 Å². The Morgan fingerprint density at radius 2 is 2.06 bits per heavy atom. The van der Waals surface area contributed by atoms with Crippen molar-refractivity contribution in [2.45, 2.75) is 0 Å². The Kier molecular flexibility index (Phi) is 3.58. The molecule has 0 spiro atoms. The summed E-state index contributed by atoms with van der Waals surface area (Å²) < 4.78 is 18.7. The molecule has 92 valence electrons. The van der Waals surface area contributed by atoms with Crippen LogP contribution in [0.4, 0.5) is 15.8 Å². The Morgan fingerprint density at radius 1 is 1.41 bits per heavy atom. The Labute approximate surface area is 105 Å². The van der Waals surface area contributed by atoms with Gasteiger partial charge in [0.1, 0.15) is 11.5 Å². The van der Waals surface area contributed by atoms with Crippen molar-refractivity contribution in [3.05, 3.63) is 32.5 Å². The molecule has 0 N–H and O–H groups in total. The molecule has 0 unspecified atom stereocenters. The zero-order chi connectivity index (χ0) is 12.4. The SMILES string of the molecule is O=[N+]([O-])c1cc(F)c(Br)cc1N1CCOCC1. The highest BCUT2D eigenvalue weighted by molar-refractivity contribution is 9.10. The molecule has 1 aromatic carbocycles. The van der Waals surface area contributed by atoms with E-state index in [9.17, 15) is 14.5 Å². The topological polar surface area (TPSA) is 55.6 Å². The molecule has 0 radical (unpaired) electrons. The van der Waals surface area contributed by atoms with Gasteiger partial charge in [0.2, 0.25) is 0 Å². The number of ether oxygens (including phenoxy) is 1. The van der Waals surface area contributed by atoms with Crippen LogP contribution in [0.15, 0.2) is 16.6 Å². The van der Waals surface area contributed by atoms with Gasteiger partial charge >= 0.3 is 0 Å². The molecular weight excluding hydrogens is 295 g/mol. The largest absolute Gasteiger partial charge is 0.378 e. The first-order valence-electron chi connectivity index (χ1n) is 5.05. The van der Waals surface area contributed by atoms with Gasteiger partial charge in [-0.3, -0.25) is 10.1 Å². The highest BCUT2D eigenvalue weighted by Gasteiger charge is 2.23. The molecule has 7 heteroatoms. The number of hydrogen-bond acceptors (Lipinski definition) is 4. The van der Waals surface area contributed by atoms with E-state index in [0.29, 0.717) is 32.0 Å². The molecule has 1 heterocycles. The molecule has 1 aliphatic rings. The van der Waals surface area contributed by atoms with Gasteiger partial charge in [-0.15, -0.1) is 0 Å². The summed E-state index contributed by atoms with van der Waals surface area (Å²) in [6, 6.07) is 2.38. The first kappa shape index (κ1) is 12.3. The van der Waals surface area contributed by atoms with Crippen LogP contribution >= 0.6 is 15.9 Å². The molecular formula is C10H10BrFN2O3. The lowest BCUT2D eigenvalue weighted by Gasteiger charge is -2.28. The summed E-state index contributed by atoms with van der Waals surface area (Å²) in [6.07, 6.45) is 0. The lowest BCUT2D eigenvalue weighted by Crippen LogP contribution is -2.36. The predicted octanol–water partition coefficient (Wildman–Crippen LogP) is 2.33. The van der Waals surface area contributed by atoms with E-state index in [0.717, 1.165) is 6.07 Å². The molecule has 0 atom stereocenters. The maximum absolute atomic E-state index is 13.3. The molecule has 1 saturated heterocycles. The zero-order valence-corrected chi connectivity index (χ0v) is 10.4. The fraction of sp³-hybridized carbons (Fsp3) is 0.400. The van der Waals surface area contributed by atoms with E-state index in [1.807, 2.05) is 4.90 Å². The van der Waals surface area contributed by atoms with Crippen LogP contribution in [0.25, 0.3) is 0 Å². The summed E-state index contributed by atoms with van der Waals surface area (Å²) in [5.41, 5.74) is 0.208. The number of morpholine rings is 1. The van der Waals surface area contributed by atoms with Crippen LogP contribution in [0.5, 0.6) is 0 Å². The monoisotopic (exact) mass is 304 g/mol. The Balaban J connectivity index is 2.42. The Hall–Kier alpha value is -1.21. The molecule has 0 saturated carbocycles. The van der Waals surface area contributed by atoms with Gasteiger partial charge in [-0.25, -0.2) is 4.39 Å². The molecule has 1 aromatic rings. The molecule has 5 nitrogen and oxygen atoms in total. The number of nitrogens with zero attached hydrogens (tertiary/aromatic N) is 2. The smallest absolute Gasteiger partial charge is 0.295 e. The van der Waals surface area contributed by atoms with Gasteiger partial charge in [-0.2, -0.15) is 0 Å². The number of nitro benzene ring substituents is 1. The highest BCUT2D eigenvalue weighted by atomic mass is 79.9. The van der Waals surface area contributed by atoms with Gasteiger partial charge in [0.15, 0.2) is 0 Å². The zero-order valence-electron chi connectivity index (χ0n) is 8.86. The molecule has 0 bridgehead atoms. The van der Waals surface area contributed by atoms with Crippen LogP contribution in [0.1, 0.15) is 0 Å². The van der Waals surface area contributed by atoms with Gasteiger partial charge in [-0.1, -0.05) is 0 Å². The fourth-order valence-corrected chi connectivity index (χ4v) is 2.06. The molecule has 1 fully saturated rings. The normalized spacial score (nSPS) is 16.0. The van der Waals surface area contributed by atoms with Crippen molar-refractivity contribution in [3.8, 4) is 0 Å². The minimum Gasteiger partial charge on any atom is -0.378 e. The fourth-order valence-electron chi connectivity index (χ4n) is 1.73. The van der Waals surface area contributed by atoms with E-state index in [4.69, 9.17) is 4.74 Å². The third kappa shape index (κ3) is 2.55. The Morgan fingerprint density at radius 3 is 2.65 bits per heavy atom. The maximum Gasteiger partial charge on any atom is 0.295 e. The van der Waals surface area contributed by atoms with E-state index >= 15 is 0 Å². The van der Waals surface area contributed by atoms with E-state index in [-0.39, 0.29) is 10.2 Å². The van der Waals surface area contributed by atoms with Crippen LogP contribution in [-0.2, 0) is 4.74 Å². The number of rotatable bonds is 2. The van der Waals surface area contributed by atoms with Crippen molar-refractivity contribution in [1.82, 2.24) is 0 Å². The highest BCUT2D eigenvalue weighted by Crippen LogP contribution is 2.33. The van der Waals surface area contributed by atoms with Gasteiger partial charge in [0.05, 0.1) is 28.7 Å². The summed E-state index contributed by atoms with van der Waals surface area (Å²) in [6.45, 7) is 2.18. The molecule has 2 rings (SSSR count). The predicted molar refractivity (Wildman–Crippen MR) is 63.8 cm³/mol. The molecule has 0 aromatic heterocycles. The second-order valence-corrected chi connectivity index (χ2v) is 4.47. The lowest BCUT2D eigenvalue weighted by atomic mass is 10.2. The van der Waals surface area contributed by atoms with E-state index in [1.54, 1.807) is 0 Å². The summed E-state index contributed by atoms with van der Waals surface area (Å²) in [5.74, 6) is -0.631. The van der Waals surface area contributed by atoms with E-state index in [1.165, 1.54) is 6.07 Å². The minimum absolute atomic E-state index is 0.215. The minimum atomic E-state index is -0.631. The maximum atomic E-state index is 13.3. The summed E-state index contributed by atoms with van der Waals surface area (Å²) in [5, 5.41) is 10.9. The Bertz CT molecular complexity index is 449. The van der Waals surface area contributed by atoms with Gasteiger partial charge in [-0.05, 0) is 22.0 Å². The number of halogens is 2. The average Bonchev–Trinajstić information content (AvgIpc) is 2.33. The second kappa shape index (κ2) is 4.97. The summed E-state index contributed by atoms with van der Waals surface area (Å²) in [4.78, 5) is 12.1. The van der Waals surface area contributed by atoms with Crippen LogP contribution in [0.3, 0.4) is 0 Å². The number of hydrogen-bond donors (Lipinski definition) is 0. The summed E-state index contributed by atoms with van der Waals surface area (Å²) >= 11 is 3.04. The third-order valence-corrected chi connectivity index (χ3v) is 3.17. The van der Waals surface area contributed by atoms with Gasteiger partial charge in [0.25, 0.3) is 5.69 Å². The van der Waals surface area contributed by atoms with Gasteiger partial charge < -0.3 is 9.64 Å². The number of anilines is 1. The average molecular weight is 305 g/mol.